The lowest BCUT2D eigenvalue weighted by Crippen LogP contribution is -2.38. The molecule has 4 rings (SSSR count). The number of aryl methyl sites for hydroxylation is 3. The van der Waals surface area contributed by atoms with Crippen LogP contribution in [0.1, 0.15) is 34.0 Å². The maximum absolute atomic E-state index is 12.8. The summed E-state index contributed by atoms with van der Waals surface area (Å²) in [7, 11) is 0. The first kappa shape index (κ1) is 20.4. The number of likely N-dealkylation sites (N-methyl/N-ethyl adjacent to an activating group) is 1. The van der Waals surface area contributed by atoms with Crippen LogP contribution in [-0.2, 0) is 4.79 Å². The van der Waals surface area contributed by atoms with Crippen LogP contribution in [0.25, 0.3) is 10.9 Å². The van der Waals surface area contributed by atoms with Gasteiger partial charge in [-0.15, -0.1) is 0 Å². The third-order valence-corrected chi connectivity index (χ3v) is 6.23. The van der Waals surface area contributed by atoms with Gasteiger partial charge < -0.3 is 9.64 Å². The number of aromatic nitrogens is 1. The van der Waals surface area contributed by atoms with Gasteiger partial charge in [-0.25, -0.2) is 4.98 Å². The predicted octanol–water partition coefficient (Wildman–Crippen LogP) is 4.88. The first-order chi connectivity index (χ1) is 14.4. The normalized spacial score (nSPS) is 13.3. The number of nitrogens with zero attached hydrogens (tertiary/aromatic N) is 2. The number of rotatable bonds is 5. The number of hydrogen-bond acceptors (Lipinski definition) is 5. The standard InChI is InChI=1S/C24H24N2O3S/c1-5-26-19-11-17(6-7-21(19)29-12-23(26)28)20(27)13-30-22-10-15(3)18-9-14(2)8-16(4)24(18)25-22/h6-11H,5,12-13H2,1-4H3. The number of hydrogen-bond donors (Lipinski definition) is 0. The molecule has 0 spiro atoms. The lowest BCUT2D eigenvalue weighted by molar-refractivity contribution is -0.121. The molecular formula is C24H24N2O3S. The molecule has 0 saturated heterocycles. The van der Waals surface area contributed by atoms with Crippen molar-refractivity contribution >= 4 is 40.0 Å². The second-order valence-electron chi connectivity index (χ2n) is 7.58. The molecule has 2 aromatic carbocycles. The van der Waals surface area contributed by atoms with Crippen LogP contribution in [0.5, 0.6) is 5.75 Å². The molecule has 0 unspecified atom stereocenters. The van der Waals surface area contributed by atoms with Crippen molar-refractivity contribution in [1.29, 1.82) is 0 Å². The number of fused-ring (bicyclic) bond motifs is 2. The van der Waals surface area contributed by atoms with Crippen LogP contribution >= 0.6 is 11.8 Å². The van der Waals surface area contributed by atoms with Gasteiger partial charge in [0.1, 0.15) is 5.75 Å². The summed E-state index contributed by atoms with van der Waals surface area (Å²) in [4.78, 5) is 31.4. The maximum atomic E-state index is 12.8. The minimum Gasteiger partial charge on any atom is -0.482 e. The monoisotopic (exact) mass is 420 g/mol. The SMILES string of the molecule is CCN1C(=O)COc2ccc(C(=O)CSc3cc(C)c4cc(C)cc(C)c4n3)cc21. The van der Waals surface area contributed by atoms with Gasteiger partial charge in [-0.2, -0.15) is 0 Å². The number of ether oxygens (including phenoxy) is 1. The average molecular weight is 421 g/mol. The molecule has 0 atom stereocenters. The Bertz CT molecular complexity index is 1170. The van der Waals surface area contributed by atoms with Crippen LogP contribution in [0.4, 0.5) is 5.69 Å². The van der Waals surface area contributed by atoms with Gasteiger partial charge in [0, 0.05) is 17.5 Å². The molecule has 1 aromatic heterocycles. The van der Waals surface area contributed by atoms with E-state index in [9.17, 15) is 9.59 Å². The molecule has 1 aliphatic rings. The number of ketones is 1. The summed E-state index contributed by atoms with van der Waals surface area (Å²) in [5.74, 6) is 0.823. The Morgan fingerprint density at radius 3 is 2.70 bits per heavy atom. The Labute approximate surface area is 180 Å². The van der Waals surface area contributed by atoms with E-state index in [1.54, 1.807) is 23.1 Å². The minimum atomic E-state index is -0.0922. The van der Waals surface area contributed by atoms with Crippen LogP contribution in [0.15, 0.2) is 41.4 Å². The van der Waals surface area contributed by atoms with Crippen molar-refractivity contribution in [3.05, 3.63) is 58.7 Å². The van der Waals surface area contributed by atoms with E-state index in [0.29, 0.717) is 23.5 Å². The van der Waals surface area contributed by atoms with Crippen molar-refractivity contribution < 1.29 is 14.3 Å². The highest BCUT2D eigenvalue weighted by Crippen LogP contribution is 2.33. The number of amides is 1. The van der Waals surface area contributed by atoms with Crippen molar-refractivity contribution in [3.63, 3.8) is 0 Å². The van der Waals surface area contributed by atoms with Gasteiger partial charge in [0.05, 0.1) is 22.0 Å². The molecule has 0 N–H and O–H groups in total. The van der Waals surface area contributed by atoms with E-state index in [-0.39, 0.29) is 24.1 Å². The highest BCUT2D eigenvalue weighted by atomic mass is 32.2. The van der Waals surface area contributed by atoms with Crippen molar-refractivity contribution in [1.82, 2.24) is 4.98 Å². The molecule has 2 heterocycles. The van der Waals surface area contributed by atoms with E-state index in [1.807, 2.05) is 13.0 Å². The lowest BCUT2D eigenvalue weighted by atomic mass is 10.0. The molecule has 5 nitrogen and oxygen atoms in total. The summed E-state index contributed by atoms with van der Waals surface area (Å²) in [5, 5.41) is 1.99. The van der Waals surface area contributed by atoms with Crippen molar-refractivity contribution in [2.24, 2.45) is 0 Å². The zero-order chi connectivity index (χ0) is 21.4. The third kappa shape index (κ3) is 3.79. The number of benzene rings is 2. The predicted molar refractivity (Wildman–Crippen MR) is 121 cm³/mol. The highest BCUT2D eigenvalue weighted by Gasteiger charge is 2.25. The minimum absolute atomic E-state index is 0.00273. The van der Waals surface area contributed by atoms with Gasteiger partial charge in [0.2, 0.25) is 0 Å². The molecule has 1 amide bonds. The Morgan fingerprint density at radius 2 is 1.93 bits per heavy atom. The number of Topliss-reactive ketones (excluding diaryl/α,β-unsaturated/α-hetero) is 1. The molecule has 0 radical (unpaired) electrons. The maximum Gasteiger partial charge on any atom is 0.265 e. The fourth-order valence-corrected chi connectivity index (χ4v) is 4.70. The summed E-state index contributed by atoms with van der Waals surface area (Å²) in [6.07, 6.45) is 0. The second kappa shape index (κ2) is 8.11. The molecule has 0 fully saturated rings. The van der Waals surface area contributed by atoms with Crippen molar-refractivity contribution in [3.8, 4) is 5.75 Å². The highest BCUT2D eigenvalue weighted by molar-refractivity contribution is 7.99. The fourth-order valence-electron chi connectivity index (χ4n) is 3.83. The van der Waals surface area contributed by atoms with Gasteiger partial charge >= 0.3 is 0 Å². The van der Waals surface area contributed by atoms with E-state index in [2.05, 4.69) is 32.9 Å². The lowest BCUT2D eigenvalue weighted by Gasteiger charge is -2.28. The van der Waals surface area contributed by atoms with E-state index in [4.69, 9.17) is 9.72 Å². The Balaban J connectivity index is 1.56. The Kier molecular flexibility index (Phi) is 5.52. The molecule has 0 bridgehead atoms. The molecule has 3 aromatic rings. The first-order valence-electron chi connectivity index (χ1n) is 9.99. The van der Waals surface area contributed by atoms with Crippen molar-refractivity contribution in [2.45, 2.75) is 32.7 Å². The van der Waals surface area contributed by atoms with E-state index in [0.717, 1.165) is 27.1 Å². The zero-order valence-corrected chi connectivity index (χ0v) is 18.4. The molecule has 0 saturated carbocycles. The zero-order valence-electron chi connectivity index (χ0n) is 17.6. The number of carbonyl (C=O) groups is 2. The van der Waals surface area contributed by atoms with Gasteiger partial charge in [-0.3, -0.25) is 9.59 Å². The number of carbonyl (C=O) groups excluding carboxylic acids is 2. The van der Waals surface area contributed by atoms with Gasteiger partial charge in [0.15, 0.2) is 12.4 Å². The summed E-state index contributed by atoms with van der Waals surface area (Å²) in [6.45, 7) is 8.72. The van der Waals surface area contributed by atoms with Gasteiger partial charge in [-0.05, 0) is 69.2 Å². The summed E-state index contributed by atoms with van der Waals surface area (Å²) >= 11 is 1.44. The first-order valence-corrected chi connectivity index (χ1v) is 11.0. The second-order valence-corrected chi connectivity index (χ2v) is 8.57. The number of pyridine rings is 1. The van der Waals surface area contributed by atoms with E-state index < -0.39 is 0 Å². The Hall–Kier alpha value is -2.86. The fraction of sp³-hybridized carbons (Fsp3) is 0.292. The molecule has 6 heteroatoms. The summed E-state index contributed by atoms with van der Waals surface area (Å²) < 4.78 is 5.49. The number of thioether (sulfide) groups is 1. The van der Waals surface area contributed by atoms with Crippen LogP contribution in [0.2, 0.25) is 0 Å². The molecule has 154 valence electrons. The largest absolute Gasteiger partial charge is 0.482 e. The Morgan fingerprint density at radius 1 is 1.13 bits per heavy atom. The quantitative estimate of drug-likeness (QED) is 0.435. The molecule has 30 heavy (non-hydrogen) atoms. The van der Waals surface area contributed by atoms with Gasteiger partial charge in [0.25, 0.3) is 5.91 Å². The van der Waals surface area contributed by atoms with E-state index in [1.165, 1.54) is 17.3 Å². The van der Waals surface area contributed by atoms with Crippen LogP contribution in [0, 0.1) is 20.8 Å². The summed E-state index contributed by atoms with van der Waals surface area (Å²) in [5.41, 5.74) is 5.73. The van der Waals surface area contributed by atoms with Crippen LogP contribution in [-0.4, -0.2) is 35.6 Å². The van der Waals surface area contributed by atoms with Crippen LogP contribution in [0.3, 0.4) is 0 Å². The third-order valence-electron chi connectivity index (χ3n) is 5.32. The topological polar surface area (TPSA) is 59.5 Å². The molecule has 1 aliphatic heterocycles. The smallest absolute Gasteiger partial charge is 0.265 e. The molecular weight excluding hydrogens is 396 g/mol. The van der Waals surface area contributed by atoms with Crippen molar-refractivity contribution in [2.75, 3.05) is 23.8 Å². The molecule has 0 aliphatic carbocycles. The van der Waals surface area contributed by atoms with E-state index >= 15 is 0 Å². The number of anilines is 1. The van der Waals surface area contributed by atoms with Crippen LogP contribution < -0.4 is 9.64 Å². The van der Waals surface area contributed by atoms with Gasteiger partial charge in [-0.1, -0.05) is 23.4 Å². The average Bonchev–Trinajstić information content (AvgIpc) is 2.72. The summed E-state index contributed by atoms with van der Waals surface area (Å²) in [6, 6.07) is 11.6.